The van der Waals surface area contributed by atoms with Gasteiger partial charge in [-0.1, -0.05) is 12.1 Å². The zero-order valence-corrected chi connectivity index (χ0v) is 16.7. The summed E-state index contributed by atoms with van der Waals surface area (Å²) in [6.45, 7) is 6.60. The summed E-state index contributed by atoms with van der Waals surface area (Å²) < 4.78 is 13.0. The number of benzene rings is 2. The molecule has 0 unspecified atom stereocenters. The van der Waals surface area contributed by atoms with Crippen LogP contribution in [0, 0.1) is 5.82 Å². The van der Waals surface area contributed by atoms with Crippen molar-refractivity contribution in [3.63, 3.8) is 0 Å². The summed E-state index contributed by atoms with van der Waals surface area (Å²) in [5.41, 5.74) is 3.30. The van der Waals surface area contributed by atoms with Gasteiger partial charge in [0.1, 0.15) is 11.6 Å². The summed E-state index contributed by atoms with van der Waals surface area (Å²) >= 11 is 0. The molecule has 0 fully saturated rings. The highest BCUT2D eigenvalue weighted by molar-refractivity contribution is 6.04. The van der Waals surface area contributed by atoms with Crippen molar-refractivity contribution in [3.05, 3.63) is 83.8 Å². The van der Waals surface area contributed by atoms with E-state index in [2.05, 4.69) is 34.4 Å². The molecule has 3 aromatic rings. The molecule has 1 aromatic heterocycles. The summed E-state index contributed by atoms with van der Waals surface area (Å²) in [6, 6.07) is 17.4. The van der Waals surface area contributed by atoms with Crippen LogP contribution in [0.5, 0.6) is 0 Å². The molecule has 0 aliphatic rings. The van der Waals surface area contributed by atoms with E-state index in [1.165, 1.54) is 12.1 Å². The predicted octanol–water partition coefficient (Wildman–Crippen LogP) is 4.93. The van der Waals surface area contributed by atoms with E-state index in [9.17, 15) is 9.18 Å². The second-order valence-electron chi connectivity index (χ2n) is 6.58. The summed E-state index contributed by atoms with van der Waals surface area (Å²) in [6.07, 6.45) is 1.59. The maximum Gasteiger partial charge on any atom is 0.255 e. The second kappa shape index (κ2) is 9.68. The lowest BCUT2D eigenvalue weighted by Crippen LogP contribution is -2.21. The van der Waals surface area contributed by atoms with Gasteiger partial charge in [-0.15, -0.1) is 0 Å². The van der Waals surface area contributed by atoms with Crippen LogP contribution in [-0.2, 0) is 6.54 Å². The van der Waals surface area contributed by atoms with Crippen LogP contribution in [0.1, 0.15) is 29.8 Å². The monoisotopic (exact) mass is 392 g/mol. The molecule has 1 heterocycles. The van der Waals surface area contributed by atoms with Gasteiger partial charge in [0, 0.05) is 42.8 Å². The number of anilines is 3. The van der Waals surface area contributed by atoms with Crippen molar-refractivity contribution >= 4 is 23.1 Å². The van der Waals surface area contributed by atoms with E-state index in [0.29, 0.717) is 17.9 Å². The van der Waals surface area contributed by atoms with Gasteiger partial charge in [0.25, 0.3) is 5.91 Å². The van der Waals surface area contributed by atoms with Gasteiger partial charge in [-0.3, -0.25) is 4.79 Å². The maximum atomic E-state index is 13.0. The van der Waals surface area contributed by atoms with Gasteiger partial charge in [-0.05, 0) is 67.9 Å². The molecule has 2 N–H and O–H groups in total. The topological polar surface area (TPSA) is 57.3 Å². The van der Waals surface area contributed by atoms with Crippen LogP contribution < -0.4 is 15.5 Å². The van der Waals surface area contributed by atoms with Gasteiger partial charge in [0.15, 0.2) is 0 Å². The number of halogens is 1. The lowest BCUT2D eigenvalue weighted by molar-refractivity contribution is 0.102. The number of pyridine rings is 1. The molecule has 1 amide bonds. The SMILES string of the molecule is CCN(CC)c1ccc(NC(=O)c2ccnc(NCc3ccc(F)cc3)c2)cc1. The molecule has 0 atom stereocenters. The van der Waals surface area contributed by atoms with Crippen molar-refractivity contribution in [2.24, 2.45) is 0 Å². The number of nitrogens with one attached hydrogen (secondary N) is 2. The van der Waals surface area contributed by atoms with Crippen LogP contribution >= 0.6 is 0 Å². The number of rotatable bonds is 8. The molecule has 0 saturated heterocycles. The number of nitrogens with zero attached hydrogens (tertiary/aromatic N) is 2. The third-order valence-corrected chi connectivity index (χ3v) is 4.66. The third-order valence-electron chi connectivity index (χ3n) is 4.66. The quantitative estimate of drug-likeness (QED) is 0.571. The molecule has 150 valence electrons. The van der Waals surface area contributed by atoms with Crippen LogP contribution in [0.4, 0.5) is 21.6 Å². The summed E-state index contributed by atoms with van der Waals surface area (Å²) in [5, 5.41) is 6.07. The van der Waals surface area contributed by atoms with Gasteiger partial charge in [-0.25, -0.2) is 9.37 Å². The molecule has 0 saturated carbocycles. The number of hydrogen-bond acceptors (Lipinski definition) is 4. The van der Waals surface area contributed by atoms with Crippen LogP contribution in [0.2, 0.25) is 0 Å². The second-order valence-corrected chi connectivity index (χ2v) is 6.58. The van der Waals surface area contributed by atoms with E-state index in [4.69, 9.17) is 0 Å². The molecule has 2 aromatic carbocycles. The van der Waals surface area contributed by atoms with E-state index in [-0.39, 0.29) is 11.7 Å². The molecule has 3 rings (SSSR count). The fraction of sp³-hybridized carbons (Fsp3) is 0.217. The average Bonchev–Trinajstić information content (AvgIpc) is 2.75. The molecule has 0 aliphatic heterocycles. The van der Waals surface area contributed by atoms with Crippen LogP contribution in [0.25, 0.3) is 0 Å². The molecular weight excluding hydrogens is 367 g/mol. The first-order valence-corrected chi connectivity index (χ1v) is 9.69. The molecule has 5 nitrogen and oxygen atoms in total. The Kier molecular flexibility index (Phi) is 6.79. The van der Waals surface area contributed by atoms with Crippen molar-refractivity contribution in [1.82, 2.24) is 4.98 Å². The van der Waals surface area contributed by atoms with Crippen molar-refractivity contribution in [1.29, 1.82) is 0 Å². The highest BCUT2D eigenvalue weighted by Gasteiger charge is 2.09. The highest BCUT2D eigenvalue weighted by atomic mass is 19.1. The maximum absolute atomic E-state index is 13.0. The standard InChI is InChI=1S/C23H25FN4O/c1-3-28(4-2)21-11-9-20(10-12-21)27-23(29)18-13-14-25-22(15-18)26-16-17-5-7-19(24)8-6-17/h5-15H,3-4,16H2,1-2H3,(H,25,26)(H,27,29). The third kappa shape index (κ3) is 5.54. The van der Waals surface area contributed by atoms with Gasteiger partial charge >= 0.3 is 0 Å². The minimum absolute atomic E-state index is 0.201. The normalized spacial score (nSPS) is 10.4. The Morgan fingerprint density at radius 2 is 1.69 bits per heavy atom. The van der Waals surface area contributed by atoms with Crippen molar-refractivity contribution in [2.75, 3.05) is 28.6 Å². The summed E-state index contributed by atoms with van der Waals surface area (Å²) in [4.78, 5) is 19.1. The Morgan fingerprint density at radius 1 is 1.00 bits per heavy atom. The molecule has 29 heavy (non-hydrogen) atoms. The average molecular weight is 392 g/mol. The zero-order valence-electron chi connectivity index (χ0n) is 16.7. The molecule has 0 bridgehead atoms. The number of carbonyl (C=O) groups excluding carboxylic acids is 1. The highest BCUT2D eigenvalue weighted by Crippen LogP contribution is 2.19. The number of aromatic nitrogens is 1. The van der Waals surface area contributed by atoms with Gasteiger partial charge < -0.3 is 15.5 Å². The van der Waals surface area contributed by atoms with Gasteiger partial charge in [-0.2, -0.15) is 0 Å². The number of hydrogen-bond donors (Lipinski definition) is 2. The first-order valence-electron chi connectivity index (χ1n) is 9.69. The van der Waals surface area contributed by atoms with Crippen molar-refractivity contribution in [2.45, 2.75) is 20.4 Å². The van der Waals surface area contributed by atoms with E-state index in [1.807, 2.05) is 24.3 Å². The van der Waals surface area contributed by atoms with Gasteiger partial charge in [0.2, 0.25) is 0 Å². The lowest BCUT2D eigenvalue weighted by atomic mass is 10.2. The Balaban J connectivity index is 1.62. The minimum atomic E-state index is -0.268. The van der Waals surface area contributed by atoms with Gasteiger partial charge in [0.05, 0.1) is 0 Å². The number of amides is 1. The fourth-order valence-corrected chi connectivity index (χ4v) is 3.01. The Morgan fingerprint density at radius 3 is 2.34 bits per heavy atom. The lowest BCUT2D eigenvalue weighted by Gasteiger charge is -2.21. The summed E-state index contributed by atoms with van der Waals surface area (Å²) in [7, 11) is 0. The molecule has 0 radical (unpaired) electrons. The summed E-state index contributed by atoms with van der Waals surface area (Å²) in [5.74, 6) is 0.113. The Labute approximate surface area is 170 Å². The first-order chi connectivity index (χ1) is 14.1. The molecule has 6 heteroatoms. The first kappa shape index (κ1) is 20.3. The molecule has 0 spiro atoms. The van der Waals surface area contributed by atoms with Crippen LogP contribution in [0.3, 0.4) is 0 Å². The van der Waals surface area contributed by atoms with Crippen molar-refractivity contribution in [3.8, 4) is 0 Å². The molecule has 0 aliphatic carbocycles. The van der Waals surface area contributed by atoms with E-state index in [0.717, 1.165) is 30.0 Å². The Hall–Kier alpha value is -3.41. The van der Waals surface area contributed by atoms with E-state index in [1.54, 1.807) is 30.5 Å². The fourth-order valence-electron chi connectivity index (χ4n) is 3.01. The van der Waals surface area contributed by atoms with E-state index < -0.39 is 0 Å². The minimum Gasteiger partial charge on any atom is -0.372 e. The van der Waals surface area contributed by atoms with Crippen LogP contribution in [-0.4, -0.2) is 24.0 Å². The predicted molar refractivity (Wildman–Crippen MR) is 116 cm³/mol. The number of carbonyl (C=O) groups is 1. The van der Waals surface area contributed by atoms with E-state index >= 15 is 0 Å². The zero-order chi connectivity index (χ0) is 20.6. The van der Waals surface area contributed by atoms with Crippen molar-refractivity contribution < 1.29 is 9.18 Å². The smallest absolute Gasteiger partial charge is 0.255 e. The molecular formula is C23H25FN4O. The Bertz CT molecular complexity index is 938. The van der Waals surface area contributed by atoms with Crippen LogP contribution in [0.15, 0.2) is 66.9 Å². The largest absolute Gasteiger partial charge is 0.372 e.